The van der Waals surface area contributed by atoms with E-state index >= 15 is 0 Å². The van der Waals surface area contributed by atoms with Crippen molar-refractivity contribution < 1.29 is 73.8 Å². The van der Waals surface area contributed by atoms with Crippen LogP contribution in [0.25, 0.3) is 0 Å². The summed E-state index contributed by atoms with van der Waals surface area (Å²) in [7, 11) is 1.46. The Morgan fingerprint density at radius 1 is 1.24 bits per heavy atom. The molecule has 0 unspecified atom stereocenters. The largest absolute Gasteiger partial charge is 1.00 e. The van der Waals surface area contributed by atoms with Gasteiger partial charge in [-0.3, -0.25) is 4.98 Å². The van der Waals surface area contributed by atoms with E-state index in [4.69, 9.17) is 9.47 Å². The molecule has 2 rings (SSSR count). The third-order valence-electron chi connectivity index (χ3n) is 2.55. The summed E-state index contributed by atoms with van der Waals surface area (Å²) >= 11 is 0. The summed E-state index contributed by atoms with van der Waals surface area (Å²) in [6.07, 6.45) is 3.56. The van der Waals surface area contributed by atoms with Crippen molar-refractivity contribution in [1.82, 2.24) is 9.97 Å². The van der Waals surface area contributed by atoms with E-state index in [1.54, 1.807) is 18.3 Å². The molecule has 0 fully saturated rings. The molecular formula is C12H11BF3KN2O2. The Labute approximate surface area is 162 Å². The van der Waals surface area contributed by atoms with Crippen LogP contribution in [0.1, 0.15) is 5.56 Å². The molecule has 0 N–H and O–H groups in total. The first-order valence-corrected chi connectivity index (χ1v) is 5.76. The summed E-state index contributed by atoms with van der Waals surface area (Å²) in [5, 5.41) is 0. The minimum absolute atomic E-state index is 0. The van der Waals surface area contributed by atoms with Crippen LogP contribution in [0.5, 0.6) is 11.6 Å². The van der Waals surface area contributed by atoms with Crippen LogP contribution in [0.3, 0.4) is 0 Å². The van der Waals surface area contributed by atoms with Crippen molar-refractivity contribution in [3.05, 3.63) is 42.4 Å². The topological polar surface area (TPSA) is 44.2 Å². The number of hydrogen-bond acceptors (Lipinski definition) is 4. The summed E-state index contributed by atoms with van der Waals surface area (Å²) < 4.78 is 48.1. The molecule has 2 aromatic rings. The maximum atomic E-state index is 12.6. The molecular weight excluding hydrogens is 311 g/mol. The molecule has 0 aliphatic rings. The maximum Gasteiger partial charge on any atom is 1.00 e. The maximum absolute atomic E-state index is 12.6. The second kappa shape index (κ2) is 8.14. The summed E-state index contributed by atoms with van der Waals surface area (Å²) in [4.78, 5) is 7.50. The van der Waals surface area contributed by atoms with Gasteiger partial charge in [-0.25, -0.2) is 4.98 Å². The van der Waals surface area contributed by atoms with Gasteiger partial charge in [0.1, 0.15) is 12.4 Å². The van der Waals surface area contributed by atoms with Crippen molar-refractivity contribution in [2.75, 3.05) is 7.11 Å². The molecule has 0 bridgehead atoms. The minimum Gasteiger partial charge on any atom is -0.487 e. The molecule has 21 heavy (non-hydrogen) atoms. The van der Waals surface area contributed by atoms with Crippen LogP contribution < -0.4 is 66.3 Å². The van der Waals surface area contributed by atoms with Gasteiger partial charge in [0.2, 0.25) is 5.88 Å². The fourth-order valence-electron chi connectivity index (χ4n) is 1.57. The van der Waals surface area contributed by atoms with Gasteiger partial charge in [0.15, 0.2) is 0 Å². The molecule has 0 saturated heterocycles. The Hall–Kier alpha value is -0.609. The molecule has 0 amide bonds. The van der Waals surface area contributed by atoms with Gasteiger partial charge in [-0.05, 0) is 18.2 Å². The van der Waals surface area contributed by atoms with Crippen LogP contribution in [-0.4, -0.2) is 24.1 Å². The minimum atomic E-state index is -5.09. The smallest absolute Gasteiger partial charge is 0.487 e. The summed E-state index contributed by atoms with van der Waals surface area (Å²) in [6, 6.07) is 4.33. The number of hydrogen-bond donors (Lipinski definition) is 0. The Morgan fingerprint density at radius 3 is 2.67 bits per heavy atom. The number of ether oxygens (including phenoxy) is 2. The first-order chi connectivity index (χ1) is 9.50. The Bertz CT molecular complexity index is 599. The van der Waals surface area contributed by atoms with Crippen LogP contribution in [0.15, 0.2) is 36.8 Å². The van der Waals surface area contributed by atoms with Crippen molar-refractivity contribution in [2.24, 2.45) is 0 Å². The van der Waals surface area contributed by atoms with Crippen molar-refractivity contribution in [3.63, 3.8) is 0 Å². The predicted octanol–water partition coefficient (Wildman–Crippen LogP) is -0.877. The molecule has 106 valence electrons. The van der Waals surface area contributed by atoms with Crippen LogP contribution in [0, 0.1) is 0 Å². The van der Waals surface area contributed by atoms with E-state index < -0.39 is 12.4 Å². The molecule has 0 atom stereocenters. The van der Waals surface area contributed by atoms with E-state index in [0.717, 1.165) is 12.3 Å². The molecule has 2 aromatic heterocycles. The Morgan fingerprint density at radius 2 is 2.00 bits per heavy atom. The molecule has 9 heteroatoms. The van der Waals surface area contributed by atoms with E-state index in [9.17, 15) is 12.9 Å². The number of halogens is 3. The predicted molar refractivity (Wildman–Crippen MR) is 68.1 cm³/mol. The molecule has 0 aliphatic carbocycles. The van der Waals surface area contributed by atoms with Gasteiger partial charge in [-0.2, -0.15) is 0 Å². The van der Waals surface area contributed by atoms with E-state index in [0.29, 0.717) is 11.4 Å². The first-order valence-electron chi connectivity index (χ1n) is 5.76. The number of nitrogens with zero attached hydrogens (tertiary/aromatic N) is 2. The monoisotopic (exact) mass is 322 g/mol. The van der Waals surface area contributed by atoms with Gasteiger partial charge in [-0.1, -0.05) is 5.46 Å². The Balaban J connectivity index is 0.00000220. The van der Waals surface area contributed by atoms with Crippen LogP contribution >= 0.6 is 0 Å². The van der Waals surface area contributed by atoms with Crippen LogP contribution in [0.4, 0.5) is 12.9 Å². The number of aromatic nitrogens is 2. The van der Waals surface area contributed by atoms with Crippen molar-refractivity contribution >= 4 is 12.4 Å². The van der Waals surface area contributed by atoms with Gasteiger partial charge >= 0.3 is 58.4 Å². The molecule has 2 heterocycles. The number of pyridine rings is 2. The van der Waals surface area contributed by atoms with E-state index in [-0.39, 0.29) is 63.7 Å². The molecule has 0 aromatic carbocycles. The summed E-state index contributed by atoms with van der Waals surface area (Å²) in [5.41, 5.74) is -0.154. The van der Waals surface area contributed by atoms with Gasteiger partial charge in [-0.15, -0.1) is 0 Å². The zero-order chi connectivity index (χ0) is 14.6. The normalized spacial score (nSPS) is 10.7. The van der Waals surface area contributed by atoms with Gasteiger partial charge < -0.3 is 22.4 Å². The van der Waals surface area contributed by atoms with Crippen molar-refractivity contribution in [3.8, 4) is 11.6 Å². The third kappa shape index (κ3) is 5.26. The average molecular weight is 322 g/mol. The molecule has 0 aliphatic heterocycles. The molecule has 0 spiro atoms. The summed E-state index contributed by atoms with van der Waals surface area (Å²) in [5.74, 6) is 0.421. The van der Waals surface area contributed by atoms with Crippen molar-refractivity contribution in [1.29, 1.82) is 0 Å². The average Bonchev–Trinajstić information content (AvgIpc) is 2.45. The van der Waals surface area contributed by atoms with Gasteiger partial charge in [0, 0.05) is 12.4 Å². The van der Waals surface area contributed by atoms with Gasteiger partial charge in [0.05, 0.1) is 18.9 Å². The Kier molecular flexibility index (Phi) is 7.15. The standard InChI is InChI=1S/C12H11BF3N2O2.K/c1-19-12-9(3-2-4-18-12)8-20-11-5-10(6-17-7-11)13(14,15)16;/h2-7H,8H2,1H3;/q-1;+1. The first kappa shape index (κ1) is 18.4. The molecule has 4 nitrogen and oxygen atoms in total. The molecule has 0 saturated carbocycles. The van der Waals surface area contributed by atoms with E-state index in [1.165, 1.54) is 13.3 Å². The van der Waals surface area contributed by atoms with Crippen molar-refractivity contribution in [2.45, 2.75) is 6.61 Å². The summed E-state index contributed by atoms with van der Waals surface area (Å²) in [6.45, 7) is -5.04. The quantitative estimate of drug-likeness (QED) is 0.671. The molecule has 0 radical (unpaired) electrons. The van der Waals surface area contributed by atoms with Crippen LogP contribution in [0.2, 0.25) is 0 Å². The number of rotatable bonds is 5. The van der Waals surface area contributed by atoms with Crippen LogP contribution in [-0.2, 0) is 6.61 Å². The van der Waals surface area contributed by atoms with E-state index in [1.807, 2.05) is 0 Å². The van der Waals surface area contributed by atoms with E-state index in [2.05, 4.69) is 9.97 Å². The fourth-order valence-corrected chi connectivity index (χ4v) is 1.57. The fraction of sp³-hybridized carbons (Fsp3) is 0.167. The van der Waals surface area contributed by atoms with Gasteiger partial charge in [0.25, 0.3) is 0 Å². The zero-order valence-electron chi connectivity index (χ0n) is 11.6. The zero-order valence-corrected chi connectivity index (χ0v) is 14.7. The number of methoxy groups -OCH3 is 1. The second-order valence-electron chi connectivity index (χ2n) is 3.99. The SMILES string of the molecule is COc1ncccc1COc1cncc([B-](F)(F)F)c1.[K+]. The third-order valence-corrected chi connectivity index (χ3v) is 2.55. The second-order valence-corrected chi connectivity index (χ2v) is 3.99.